The van der Waals surface area contributed by atoms with Crippen LogP contribution in [0, 0.1) is 0 Å². The molecule has 0 unspecified atom stereocenters. The van der Waals surface area contributed by atoms with E-state index < -0.39 is 0 Å². The molecule has 6 nitrogen and oxygen atoms in total. The number of hydrogen-bond acceptors (Lipinski definition) is 4. The highest BCUT2D eigenvalue weighted by Crippen LogP contribution is 2.45. The lowest BCUT2D eigenvalue weighted by Crippen LogP contribution is -2.04. The van der Waals surface area contributed by atoms with Gasteiger partial charge in [0.15, 0.2) is 28.6 Å². The van der Waals surface area contributed by atoms with Gasteiger partial charge in [0.2, 0.25) is 0 Å². The van der Waals surface area contributed by atoms with Crippen LogP contribution in [0.4, 0.5) is 0 Å². The zero-order valence-electron chi connectivity index (χ0n) is 33.9. The van der Waals surface area contributed by atoms with Gasteiger partial charge in [0.25, 0.3) is 0 Å². The summed E-state index contributed by atoms with van der Waals surface area (Å²) in [7, 11) is 0. The van der Waals surface area contributed by atoms with Crippen LogP contribution in [0.1, 0.15) is 0 Å². The molecule has 0 saturated carbocycles. The Balaban J connectivity index is 1.10. The van der Waals surface area contributed by atoms with E-state index in [0.717, 1.165) is 99.4 Å². The zero-order chi connectivity index (χ0) is 41.4. The highest BCUT2D eigenvalue weighted by Gasteiger charge is 2.25. The Bertz CT molecular complexity index is 3900. The van der Waals surface area contributed by atoms with Gasteiger partial charge in [-0.2, -0.15) is 0 Å². The smallest absolute Gasteiger partial charge is 0.166 e. The van der Waals surface area contributed by atoms with E-state index in [1.807, 2.05) is 30.3 Å². The molecule has 0 aliphatic carbocycles. The minimum atomic E-state index is 0.578. The predicted molar refractivity (Wildman–Crippen MR) is 258 cm³/mol. The van der Waals surface area contributed by atoms with Gasteiger partial charge in [-0.3, -0.25) is 0 Å². The van der Waals surface area contributed by atoms with Crippen LogP contribution in [0.25, 0.3) is 122 Å². The third kappa shape index (κ3) is 5.41. The molecular formula is C57H35N5O. The third-order valence-corrected chi connectivity index (χ3v) is 12.4. The van der Waals surface area contributed by atoms with Crippen molar-refractivity contribution >= 4 is 65.6 Å². The molecule has 0 atom stereocenters. The fourth-order valence-electron chi connectivity index (χ4n) is 9.62. The number of nitrogens with zero attached hydrogens (tertiary/aromatic N) is 5. The van der Waals surface area contributed by atoms with Crippen LogP contribution in [0.15, 0.2) is 217 Å². The second-order valence-corrected chi connectivity index (χ2v) is 15.9. The molecule has 0 aliphatic heterocycles. The van der Waals surface area contributed by atoms with Gasteiger partial charge in [-0.15, -0.1) is 0 Å². The summed E-state index contributed by atoms with van der Waals surface area (Å²) in [6.07, 6.45) is 0. The second kappa shape index (κ2) is 14.0. The summed E-state index contributed by atoms with van der Waals surface area (Å²) in [5, 5.41) is 6.69. The molecule has 0 N–H and O–H groups in total. The predicted octanol–water partition coefficient (Wildman–Crippen LogP) is 14.6. The molecule has 4 heterocycles. The van der Waals surface area contributed by atoms with Crippen LogP contribution in [0.5, 0.6) is 0 Å². The van der Waals surface area contributed by atoms with Gasteiger partial charge in [0.1, 0.15) is 0 Å². The molecule has 13 aromatic rings. The second-order valence-electron chi connectivity index (χ2n) is 15.9. The lowest BCUT2D eigenvalue weighted by molar-refractivity contribution is 0.673. The first-order valence-corrected chi connectivity index (χ1v) is 21.2. The van der Waals surface area contributed by atoms with E-state index >= 15 is 0 Å². The van der Waals surface area contributed by atoms with Crippen molar-refractivity contribution in [2.45, 2.75) is 0 Å². The van der Waals surface area contributed by atoms with E-state index in [1.54, 1.807) is 0 Å². The first-order chi connectivity index (χ1) is 31.3. The number of fused-ring (bicyclic) bond motifs is 11. The number of para-hydroxylation sites is 4. The Morgan fingerprint density at radius 3 is 1.40 bits per heavy atom. The van der Waals surface area contributed by atoms with E-state index in [-0.39, 0.29) is 0 Å². The standard InChI is InChI=1S/C57H35N5O/c1-4-18-36(19-5-1)39-24-10-11-27-46(39)56-58-55(37-20-6-2-7-21-37)59-57(60-56)47-28-14-17-31-50(47)62-49-30-16-13-26-41(49)43-33-35-45-44-34-32-42-40-25-12-15-29-48(40)61(38-22-8-3-9-23-38)51(42)53(44)63-54(45)52(43)62/h1-35H. The van der Waals surface area contributed by atoms with Crippen molar-refractivity contribution in [2.75, 3.05) is 0 Å². The Morgan fingerprint density at radius 1 is 0.302 bits per heavy atom. The van der Waals surface area contributed by atoms with Crippen molar-refractivity contribution in [3.05, 3.63) is 212 Å². The summed E-state index contributed by atoms with van der Waals surface area (Å²) < 4.78 is 12.0. The minimum absolute atomic E-state index is 0.578. The fourth-order valence-corrected chi connectivity index (χ4v) is 9.62. The summed E-state index contributed by atoms with van der Waals surface area (Å²) in [6.45, 7) is 0. The third-order valence-electron chi connectivity index (χ3n) is 12.4. The van der Waals surface area contributed by atoms with Crippen molar-refractivity contribution in [1.82, 2.24) is 24.1 Å². The Morgan fingerprint density at radius 2 is 0.746 bits per heavy atom. The van der Waals surface area contributed by atoms with Crippen LogP contribution in [0.2, 0.25) is 0 Å². The van der Waals surface area contributed by atoms with E-state index in [0.29, 0.717) is 17.5 Å². The maximum atomic E-state index is 7.33. The monoisotopic (exact) mass is 805 g/mol. The Kier molecular flexibility index (Phi) is 7.80. The molecule has 63 heavy (non-hydrogen) atoms. The maximum Gasteiger partial charge on any atom is 0.166 e. The molecule has 0 bridgehead atoms. The summed E-state index contributed by atoms with van der Waals surface area (Å²) >= 11 is 0. The Labute approximate surface area is 361 Å². The van der Waals surface area contributed by atoms with Crippen LogP contribution in [-0.2, 0) is 0 Å². The molecule has 0 radical (unpaired) electrons. The SMILES string of the molecule is c1ccc(-c2nc(-c3ccccc3-c3ccccc3)nc(-c3ccccc3-n3c4ccccc4c4ccc5c6ccc7c8ccccc8n(-c8ccccc8)c7c6oc5c43)n2)cc1. The largest absolute Gasteiger partial charge is 0.452 e. The number of aromatic nitrogens is 5. The topological polar surface area (TPSA) is 61.7 Å². The van der Waals surface area contributed by atoms with Crippen molar-refractivity contribution in [3.63, 3.8) is 0 Å². The van der Waals surface area contributed by atoms with Gasteiger partial charge >= 0.3 is 0 Å². The molecular weight excluding hydrogens is 771 g/mol. The zero-order valence-corrected chi connectivity index (χ0v) is 33.9. The van der Waals surface area contributed by atoms with Crippen molar-refractivity contribution in [1.29, 1.82) is 0 Å². The lowest BCUT2D eigenvalue weighted by Gasteiger charge is -2.15. The molecule has 0 fully saturated rings. The van der Waals surface area contributed by atoms with Gasteiger partial charge in [0.05, 0.1) is 27.8 Å². The number of benzene rings is 9. The van der Waals surface area contributed by atoms with Crippen molar-refractivity contribution in [3.8, 4) is 56.7 Å². The van der Waals surface area contributed by atoms with E-state index in [1.165, 1.54) is 5.39 Å². The van der Waals surface area contributed by atoms with Crippen molar-refractivity contribution < 1.29 is 4.42 Å². The number of hydrogen-bond donors (Lipinski definition) is 0. The quantitative estimate of drug-likeness (QED) is 0.168. The molecule has 0 amide bonds. The van der Waals surface area contributed by atoms with Gasteiger partial charge in [0, 0.05) is 54.7 Å². The van der Waals surface area contributed by atoms with Crippen LogP contribution in [-0.4, -0.2) is 24.1 Å². The molecule has 0 spiro atoms. The Hall–Kier alpha value is -8.61. The van der Waals surface area contributed by atoms with Gasteiger partial charge in [-0.05, 0) is 59.7 Å². The molecule has 0 saturated heterocycles. The van der Waals surface area contributed by atoms with Gasteiger partial charge in [-0.25, -0.2) is 15.0 Å². The first-order valence-electron chi connectivity index (χ1n) is 21.2. The summed E-state index contributed by atoms with van der Waals surface area (Å²) in [5.74, 6) is 1.79. The molecule has 6 heteroatoms. The summed E-state index contributed by atoms with van der Waals surface area (Å²) in [6, 6.07) is 74.1. The maximum absolute atomic E-state index is 7.33. The fraction of sp³-hybridized carbons (Fsp3) is 0. The molecule has 9 aromatic carbocycles. The van der Waals surface area contributed by atoms with Crippen LogP contribution < -0.4 is 0 Å². The highest BCUT2D eigenvalue weighted by atomic mass is 16.3. The molecule has 4 aromatic heterocycles. The van der Waals surface area contributed by atoms with Crippen molar-refractivity contribution in [2.24, 2.45) is 0 Å². The van der Waals surface area contributed by atoms with Crippen LogP contribution >= 0.6 is 0 Å². The van der Waals surface area contributed by atoms with E-state index in [2.05, 4.69) is 191 Å². The average Bonchev–Trinajstić information content (AvgIpc) is 4.03. The minimum Gasteiger partial charge on any atom is -0.452 e. The average molecular weight is 806 g/mol. The van der Waals surface area contributed by atoms with Crippen LogP contribution in [0.3, 0.4) is 0 Å². The first kappa shape index (κ1) is 35.2. The van der Waals surface area contributed by atoms with E-state index in [9.17, 15) is 0 Å². The summed E-state index contributed by atoms with van der Waals surface area (Å²) in [4.78, 5) is 15.8. The normalized spacial score (nSPS) is 11.8. The molecule has 294 valence electrons. The summed E-state index contributed by atoms with van der Waals surface area (Å²) in [5.41, 5.74) is 12.8. The number of rotatable bonds is 6. The van der Waals surface area contributed by atoms with Gasteiger partial charge in [-0.1, -0.05) is 164 Å². The molecule has 0 aliphatic rings. The molecule has 13 rings (SSSR count). The highest BCUT2D eigenvalue weighted by molar-refractivity contribution is 6.26. The lowest BCUT2D eigenvalue weighted by atomic mass is 9.99. The van der Waals surface area contributed by atoms with Gasteiger partial charge < -0.3 is 13.6 Å². The van der Waals surface area contributed by atoms with E-state index in [4.69, 9.17) is 19.4 Å². The number of furan rings is 1.